The average molecular weight is 384 g/mol. The summed E-state index contributed by atoms with van der Waals surface area (Å²) in [5.41, 5.74) is 0.175. The predicted molar refractivity (Wildman–Crippen MR) is 92.2 cm³/mol. The molecule has 27 heavy (non-hydrogen) atoms. The van der Waals surface area contributed by atoms with Gasteiger partial charge in [-0.3, -0.25) is 4.79 Å². The van der Waals surface area contributed by atoms with Crippen molar-refractivity contribution in [2.75, 3.05) is 13.1 Å². The molecule has 5 nitrogen and oxygen atoms in total. The number of hydrogen-bond donors (Lipinski definition) is 2. The van der Waals surface area contributed by atoms with E-state index in [2.05, 4.69) is 5.32 Å². The van der Waals surface area contributed by atoms with E-state index in [0.29, 0.717) is 25.8 Å². The maximum absolute atomic E-state index is 12.6. The third kappa shape index (κ3) is 4.54. The molecule has 2 fully saturated rings. The van der Waals surface area contributed by atoms with E-state index >= 15 is 0 Å². The molecular formula is C19H23F3N2O3. The Hall–Kier alpha value is -2.25. The highest BCUT2D eigenvalue weighted by Crippen LogP contribution is 2.38. The standard InChI is InChI=1S/C19H23F3N2O3/c1-11-6-14(17(25)26)10-24(9-11)18(27)23-16-7-13(8-16)12-2-4-15(5-3-12)19(20,21)22/h2-5,11,13-14,16H,6-10H2,1H3,(H,23,27)(H,25,26). The molecule has 1 aromatic carbocycles. The first kappa shape index (κ1) is 19.5. The number of urea groups is 1. The number of benzene rings is 1. The minimum Gasteiger partial charge on any atom is -0.481 e. The summed E-state index contributed by atoms with van der Waals surface area (Å²) in [5.74, 6) is -1.16. The van der Waals surface area contributed by atoms with Crippen LogP contribution >= 0.6 is 0 Å². The number of nitrogens with zero attached hydrogens (tertiary/aromatic N) is 1. The highest BCUT2D eigenvalue weighted by molar-refractivity contribution is 5.77. The number of likely N-dealkylation sites (tertiary alicyclic amines) is 1. The summed E-state index contributed by atoms with van der Waals surface area (Å²) >= 11 is 0. The molecule has 0 spiro atoms. The zero-order valence-corrected chi connectivity index (χ0v) is 15.0. The number of nitrogens with one attached hydrogen (secondary N) is 1. The monoisotopic (exact) mass is 384 g/mol. The van der Waals surface area contributed by atoms with Gasteiger partial charge in [-0.25, -0.2) is 4.79 Å². The van der Waals surface area contributed by atoms with Crippen LogP contribution in [0.4, 0.5) is 18.0 Å². The van der Waals surface area contributed by atoms with Crippen LogP contribution < -0.4 is 5.32 Å². The molecule has 1 saturated carbocycles. The zero-order valence-electron chi connectivity index (χ0n) is 15.0. The minimum atomic E-state index is -4.34. The zero-order chi connectivity index (χ0) is 19.8. The van der Waals surface area contributed by atoms with Crippen molar-refractivity contribution in [3.63, 3.8) is 0 Å². The van der Waals surface area contributed by atoms with Crippen molar-refractivity contribution < 1.29 is 27.9 Å². The van der Waals surface area contributed by atoms with Crippen LogP contribution in [0, 0.1) is 11.8 Å². The second-order valence-corrected chi connectivity index (χ2v) is 7.72. The molecular weight excluding hydrogens is 361 g/mol. The fourth-order valence-corrected chi connectivity index (χ4v) is 3.91. The fraction of sp³-hybridized carbons (Fsp3) is 0.579. The topological polar surface area (TPSA) is 69.6 Å². The SMILES string of the molecule is CC1CC(C(=O)O)CN(C(=O)NC2CC(c3ccc(C(F)(F)F)cc3)C2)C1. The first-order valence-corrected chi connectivity index (χ1v) is 9.09. The van der Waals surface area contributed by atoms with Crippen molar-refractivity contribution in [2.45, 2.75) is 44.3 Å². The number of carbonyl (C=O) groups is 2. The molecule has 2 N–H and O–H groups in total. The van der Waals surface area contributed by atoms with Gasteiger partial charge >= 0.3 is 18.2 Å². The van der Waals surface area contributed by atoms with Gasteiger partial charge in [0.05, 0.1) is 11.5 Å². The lowest BCUT2D eigenvalue weighted by atomic mass is 9.76. The van der Waals surface area contributed by atoms with Crippen molar-refractivity contribution in [3.8, 4) is 0 Å². The molecule has 8 heteroatoms. The van der Waals surface area contributed by atoms with Crippen LogP contribution in [0.5, 0.6) is 0 Å². The second-order valence-electron chi connectivity index (χ2n) is 7.72. The molecule has 1 saturated heterocycles. The molecule has 2 aliphatic rings. The number of alkyl halides is 3. The van der Waals surface area contributed by atoms with Crippen LogP contribution in [0.15, 0.2) is 24.3 Å². The quantitative estimate of drug-likeness (QED) is 0.835. The van der Waals surface area contributed by atoms with Crippen molar-refractivity contribution in [3.05, 3.63) is 35.4 Å². The third-order valence-electron chi connectivity index (χ3n) is 5.47. The predicted octanol–water partition coefficient (Wildman–Crippen LogP) is 3.70. The van der Waals surface area contributed by atoms with Gasteiger partial charge < -0.3 is 15.3 Å². The Kier molecular flexibility index (Phi) is 5.35. The van der Waals surface area contributed by atoms with E-state index in [0.717, 1.165) is 17.7 Å². The average Bonchev–Trinajstić information content (AvgIpc) is 2.56. The molecule has 1 aliphatic heterocycles. The number of carboxylic acids is 1. The molecule has 2 atom stereocenters. The van der Waals surface area contributed by atoms with E-state index in [4.69, 9.17) is 0 Å². The molecule has 1 heterocycles. The Morgan fingerprint density at radius 2 is 1.74 bits per heavy atom. The number of rotatable bonds is 3. The number of amides is 2. The third-order valence-corrected chi connectivity index (χ3v) is 5.47. The van der Waals surface area contributed by atoms with Crippen LogP contribution in [0.3, 0.4) is 0 Å². The molecule has 3 rings (SSSR count). The summed E-state index contributed by atoms with van der Waals surface area (Å²) in [6, 6.07) is 4.86. The Labute approximate surface area is 155 Å². The lowest BCUT2D eigenvalue weighted by Crippen LogP contribution is -2.53. The number of halogens is 3. The van der Waals surface area contributed by atoms with E-state index in [1.54, 1.807) is 4.90 Å². The Bertz CT molecular complexity index is 699. The van der Waals surface area contributed by atoms with E-state index in [9.17, 15) is 27.9 Å². The normalized spacial score (nSPS) is 28.4. The summed E-state index contributed by atoms with van der Waals surface area (Å²) in [5, 5.41) is 12.1. The summed E-state index contributed by atoms with van der Waals surface area (Å²) < 4.78 is 37.8. The maximum atomic E-state index is 12.6. The van der Waals surface area contributed by atoms with Gasteiger partial charge in [-0.15, -0.1) is 0 Å². The van der Waals surface area contributed by atoms with Gasteiger partial charge in [-0.05, 0) is 48.8 Å². The number of hydrogen-bond acceptors (Lipinski definition) is 2. The Morgan fingerprint density at radius 1 is 1.11 bits per heavy atom. The fourth-order valence-electron chi connectivity index (χ4n) is 3.91. The first-order valence-electron chi connectivity index (χ1n) is 9.09. The molecule has 1 aromatic rings. The summed E-state index contributed by atoms with van der Waals surface area (Å²) in [4.78, 5) is 25.2. The van der Waals surface area contributed by atoms with Crippen LogP contribution in [-0.2, 0) is 11.0 Å². The van der Waals surface area contributed by atoms with Crippen LogP contribution in [0.25, 0.3) is 0 Å². The highest BCUT2D eigenvalue weighted by atomic mass is 19.4. The smallest absolute Gasteiger partial charge is 0.416 e. The van der Waals surface area contributed by atoms with Gasteiger partial charge in [0.15, 0.2) is 0 Å². The number of carboxylic acid groups (broad SMARTS) is 1. The van der Waals surface area contributed by atoms with Crippen LogP contribution in [0.2, 0.25) is 0 Å². The Balaban J connectivity index is 1.50. The van der Waals surface area contributed by atoms with Gasteiger partial charge in [0.1, 0.15) is 0 Å². The summed E-state index contributed by atoms with van der Waals surface area (Å²) in [7, 11) is 0. The van der Waals surface area contributed by atoms with Gasteiger partial charge in [0, 0.05) is 19.1 Å². The number of piperidine rings is 1. The second kappa shape index (κ2) is 7.40. The molecule has 0 aromatic heterocycles. The summed E-state index contributed by atoms with van der Waals surface area (Å²) in [6.45, 7) is 2.67. The molecule has 1 aliphatic carbocycles. The van der Waals surface area contributed by atoms with E-state index in [1.165, 1.54) is 12.1 Å². The summed E-state index contributed by atoms with van der Waals surface area (Å²) in [6.07, 6.45) is -2.43. The van der Waals surface area contributed by atoms with Crippen LogP contribution in [0.1, 0.15) is 43.2 Å². The highest BCUT2D eigenvalue weighted by Gasteiger charge is 2.36. The van der Waals surface area contributed by atoms with Crippen molar-refractivity contribution in [1.29, 1.82) is 0 Å². The van der Waals surface area contributed by atoms with Gasteiger partial charge in [-0.2, -0.15) is 13.2 Å². The largest absolute Gasteiger partial charge is 0.481 e. The molecule has 148 valence electrons. The molecule has 0 bridgehead atoms. The minimum absolute atomic E-state index is 0.0368. The molecule has 2 unspecified atom stereocenters. The lowest BCUT2D eigenvalue weighted by Gasteiger charge is -2.40. The van der Waals surface area contributed by atoms with Gasteiger partial charge in [0.25, 0.3) is 0 Å². The first-order chi connectivity index (χ1) is 12.6. The van der Waals surface area contributed by atoms with Gasteiger partial charge in [0.2, 0.25) is 0 Å². The Morgan fingerprint density at radius 3 is 2.30 bits per heavy atom. The van der Waals surface area contributed by atoms with Crippen LogP contribution in [-0.4, -0.2) is 41.1 Å². The van der Waals surface area contributed by atoms with E-state index < -0.39 is 23.6 Å². The molecule has 2 amide bonds. The van der Waals surface area contributed by atoms with Crippen molar-refractivity contribution in [2.24, 2.45) is 11.8 Å². The molecule has 0 radical (unpaired) electrons. The number of carbonyl (C=O) groups excluding carboxylic acids is 1. The van der Waals surface area contributed by atoms with E-state index in [-0.39, 0.29) is 30.5 Å². The van der Waals surface area contributed by atoms with Gasteiger partial charge in [-0.1, -0.05) is 19.1 Å². The maximum Gasteiger partial charge on any atom is 0.416 e. The number of aliphatic carboxylic acids is 1. The van der Waals surface area contributed by atoms with Crippen molar-refractivity contribution >= 4 is 12.0 Å². The van der Waals surface area contributed by atoms with E-state index in [1.807, 2.05) is 6.92 Å². The van der Waals surface area contributed by atoms with Crippen molar-refractivity contribution in [1.82, 2.24) is 10.2 Å². The lowest BCUT2D eigenvalue weighted by molar-refractivity contribution is -0.143.